The van der Waals surface area contributed by atoms with Gasteiger partial charge in [0.2, 0.25) is 5.91 Å². The zero-order chi connectivity index (χ0) is 13.1. The summed E-state index contributed by atoms with van der Waals surface area (Å²) in [5, 5.41) is 2.72. The second-order valence-electron chi connectivity index (χ2n) is 4.78. The van der Waals surface area contributed by atoms with Crippen LogP contribution in [-0.4, -0.2) is 30.4 Å². The van der Waals surface area contributed by atoms with Gasteiger partial charge in [0.25, 0.3) is 0 Å². The van der Waals surface area contributed by atoms with Crippen LogP contribution in [0.2, 0.25) is 0 Å². The fraction of sp³-hybridized carbons (Fsp3) is 0.462. The summed E-state index contributed by atoms with van der Waals surface area (Å²) in [5.41, 5.74) is 6.01. The van der Waals surface area contributed by atoms with Gasteiger partial charge in [0.1, 0.15) is 5.82 Å². The summed E-state index contributed by atoms with van der Waals surface area (Å²) in [6.07, 6.45) is 3.56. The molecule has 0 radical (unpaired) electrons. The lowest BCUT2D eigenvalue weighted by Gasteiger charge is -2.34. The molecule has 1 aliphatic carbocycles. The lowest BCUT2D eigenvalue weighted by atomic mass is 9.92. The van der Waals surface area contributed by atoms with E-state index in [0.29, 0.717) is 18.3 Å². The van der Waals surface area contributed by atoms with Crippen LogP contribution >= 0.6 is 0 Å². The van der Waals surface area contributed by atoms with Gasteiger partial charge >= 0.3 is 0 Å². The van der Waals surface area contributed by atoms with E-state index in [4.69, 9.17) is 5.73 Å². The van der Waals surface area contributed by atoms with Crippen LogP contribution in [0.4, 0.5) is 15.8 Å². The monoisotopic (exact) mass is 251 g/mol. The maximum Gasteiger partial charge on any atom is 0.238 e. The van der Waals surface area contributed by atoms with Crippen molar-refractivity contribution in [2.24, 2.45) is 0 Å². The number of nitrogens with one attached hydrogen (secondary N) is 1. The summed E-state index contributed by atoms with van der Waals surface area (Å²) in [4.78, 5) is 13.8. The molecule has 2 rings (SSSR count). The van der Waals surface area contributed by atoms with Crippen molar-refractivity contribution in [1.82, 2.24) is 4.90 Å². The minimum absolute atomic E-state index is 0.0418. The Labute approximate surface area is 106 Å². The average Bonchev–Trinajstić information content (AvgIpc) is 2.20. The van der Waals surface area contributed by atoms with Crippen LogP contribution in [0.15, 0.2) is 18.2 Å². The van der Waals surface area contributed by atoms with Crippen molar-refractivity contribution >= 4 is 17.3 Å². The highest BCUT2D eigenvalue weighted by Crippen LogP contribution is 2.23. The first kappa shape index (κ1) is 12.8. The molecular formula is C13H18FN3O. The number of nitrogens with two attached hydrogens (primary N) is 1. The molecule has 0 unspecified atom stereocenters. The second-order valence-corrected chi connectivity index (χ2v) is 4.78. The number of amides is 1. The third kappa shape index (κ3) is 2.98. The van der Waals surface area contributed by atoms with E-state index >= 15 is 0 Å². The summed E-state index contributed by atoms with van der Waals surface area (Å²) in [6, 6.07) is 4.71. The Hall–Kier alpha value is -1.62. The van der Waals surface area contributed by atoms with Crippen molar-refractivity contribution in [1.29, 1.82) is 0 Å². The Balaban J connectivity index is 1.88. The number of rotatable bonds is 4. The number of hydrogen-bond donors (Lipinski definition) is 2. The highest BCUT2D eigenvalue weighted by atomic mass is 19.1. The number of carbonyl (C=O) groups is 1. The number of halogens is 1. The molecule has 18 heavy (non-hydrogen) atoms. The van der Waals surface area contributed by atoms with Crippen LogP contribution in [-0.2, 0) is 4.79 Å². The van der Waals surface area contributed by atoms with Gasteiger partial charge in [-0.25, -0.2) is 4.39 Å². The van der Waals surface area contributed by atoms with E-state index in [1.54, 1.807) is 0 Å². The standard InChI is InChI=1S/C13H18FN3O/c1-17(10-3-2-4-10)8-13(18)16-9-5-6-11(14)12(15)7-9/h5-7,10H,2-4,8,15H2,1H3,(H,16,18). The fourth-order valence-corrected chi connectivity index (χ4v) is 2.01. The predicted octanol–water partition coefficient (Wildman–Crippen LogP) is 1.83. The summed E-state index contributed by atoms with van der Waals surface area (Å²) in [6.45, 7) is 0.349. The quantitative estimate of drug-likeness (QED) is 0.803. The third-order valence-corrected chi connectivity index (χ3v) is 3.37. The van der Waals surface area contributed by atoms with Crippen molar-refractivity contribution in [3.8, 4) is 0 Å². The Kier molecular flexibility index (Phi) is 3.81. The van der Waals surface area contributed by atoms with Crippen molar-refractivity contribution in [3.63, 3.8) is 0 Å². The van der Waals surface area contributed by atoms with E-state index in [9.17, 15) is 9.18 Å². The van der Waals surface area contributed by atoms with Crippen molar-refractivity contribution < 1.29 is 9.18 Å². The molecule has 1 aromatic carbocycles. The maximum absolute atomic E-state index is 13.0. The van der Waals surface area contributed by atoms with Crippen molar-refractivity contribution in [2.75, 3.05) is 24.6 Å². The van der Waals surface area contributed by atoms with Crippen LogP contribution in [0.5, 0.6) is 0 Å². The number of likely N-dealkylation sites (N-methyl/N-ethyl adjacent to an activating group) is 1. The SMILES string of the molecule is CN(CC(=O)Nc1ccc(F)c(N)c1)C1CCC1. The molecule has 98 valence electrons. The molecule has 1 saturated carbocycles. The van der Waals surface area contributed by atoms with Gasteiger partial charge in [-0.3, -0.25) is 9.69 Å². The first-order chi connectivity index (χ1) is 8.56. The molecule has 4 nitrogen and oxygen atoms in total. The number of hydrogen-bond acceptors (Lipinski definition) is 3. The van der Waals surface area contributed by atoms with E-state index in [0.717, 1.165) is 12.8 Å². The maximum atomic E-state index is 13.0. The minimum Gasteiger partial charge on any atom is -0.396 e. The van der Waals surface area contributed by atoms with Gasteiger partial charge in [-0.2, -0.15) is 0 Å². The van der Waals surface area contributed by atoms with E-state index in [2.05, 4.69) is 5.32 Å². The molecule has 5 heteroatoms. The highest BCUT2D eigenvalue weighted by molar-refractivity contribution is 5.92. The molecule has 3 N–H and O–H groups in total. The molecule has 1 amide bonds. The highest BCUT2D eigenvalue weighted by Gasteiger charge is 2.23. The van der Waals surface area contributed by atoms with Gasteiger partial charge in [-0.05, 0) is 38.1 Å². The van der Waals surface area contributed by atoms with Crippen LogP contribution in [0, 0.1) is 5.82 Å². The molecule has 0 bridgehead atoms. The summed E-state index contributed by atoms with van der Waals surface area (Å²) in [7, 11) is 1.95. The summed E-state index contributed by atoms with van der Waals surface area (Å²) in [5.74, 6) is -0.574. The molecule has 1 aliphatic rings. The summed E-state index contributed by atoms with van der Waals surface area (Å²) >= 11 is 0. The van der Waals surface area contributed by atoms with Crippen LogP contribution in [0.3, 0.4) is 0 Å². The Morgan fingerprint density at radius 3 is 2.83 bits per heavy atom. The van der Waals surface area contributed by atoms with Crippen molar-refractivity contribution in [2.45, 2.75) is 25.3 Å². The Morgan fingerprint density at radius 1 is 1.56 bits per heavy atom. The van der Waals surface area contributed by atoms with E-state index < -0.39 is 5.82 Å². The molecular weight excluding hydrogens is 233 g/mol. The normalized spacial score (nSPS) is 15.5. The van der Waals surface area contributed by atoms with Gasteiger partial charge in [-0.15, -0.1) is 0 Å². The van der Waals surface area contributed by atoms with Gasteiger partial charge in [0.15, 0.2) is 0 Å². The average molecular weight is 251 g/mol. The fourth-order valence-electron chi connectivity index (χ4n) is 2.01. The second kappa shape index (κ2) is 5.35. The predicted molar refractivity (Wildman–Crippen MR) is 69.7 cm³/mol. The van der Waals surface area contributed by atoms with Crippen LogP contribution < -0.4 is 11.1 Å². The third-order valence-electron chi connectivity index (χ3n) is 3.37. The molecule has 1 fully saturated rings. The van der Waals surface area contributed by atoms with E-state index in [1.165, 1.54) is 24.6 Å². The topological polar surface area (TPSA) is 58.4 Å². The molecule has 1 aromatic rings. The van der Waals surface area contributed by atoms with Gasteiger partial charge in [-0.1, -0.05) is 6.42 Å². The van der Waals surface area contributed by atoms with Gasteiger partial charge < -0.3 is 11.1 Å². The van der Waals surface area contributed by atoms with Crippen LogP contribution in [0.25, 0.3) is 0 Å². The Bertz CT molecular complexity index is 446. The lowest BCUT2D eigenvalue weighted by Crippen LogP contribution is -2.41. The molecule has 0 atom stereocenters. The number of nitrogen functional groups attached to an aromatic ring is 1. The van der Waals surface area contributed by atoms with E-state index in [1.807, 2.05) is 11.9 Å². The smallest absolute Gasteiger partial charge is 0.238 e. The van der Waals surface area contributed by atoms with Crippen molar-refractivity contribution in [3.05, 3.63) is 24.0 Å². The zero-order valence-corrected chi connectivity index (χ0v) is 10.4. The number of nitrogens with zero attached hydrogens (tertiary/aromatic N) is 1. The zero-order valence-electron chi connectivity index (χ0n) is 10.4. The first-order valence-corrected chi connectivity index (χ1v) is 6.11. The van der Waals surface area contributed by atoms with Gasteiger partial charge in [0.05, 0.1) is 12.2 Å². The summed E-state index contributed by atoms with van der Waals surface area (Å²) < 4.78 is 13.0. The largest absolute Gasteiger partial charge is 0.396 e. The number of anilines is 2. The molecule has 0 saturated heterocycles. The number of benzene rings is 1. The molecule has 0 aliphatic heterocycles. The molecule has 0 heterocycles. The van der Waals surface area contributed by atoms with Crippen LogP contribution in [0.1, 0.15) is 19.3 Å². The Morgan fingerprint density at radius 2 is 2.28 bits per heavy atom. The number of carbonyl (C=O) groups excluding carboxylic acids is 1. The first-order valence-electron chi connectivity index (χ1n) is 6.11. The lowest BCUT2D eigenvalue weighted by molar-refractivity contribution is -0.117. The molecule has 0 aromatic heterocycles. The van der Waals surface area contributed by atoms with Gasteiger partial charge in [0, 0.05) is 11.7 Å². The molecule has 0 spiro atoms. The minimum atomic E-state index is -0.473. The van der Waals surface area contributed by atoms with E-state index in [-0.39, 0.29) is 11.6 Å².